The molecule has 1 fully saturated rings. The van der Waals surface area contributed by atoms with Crippen molar-refractivity contribution in [1.82, 2.24) is 15.2 Å². The quantitative estimate of drug-likeness (QED) is 0.834. The third-order valence-corrected chi connectivity index (χ3v) is 3.83. The molecule has 0 aliphatic carbocycles. The molecule has 7 nitrogen and oxygen atoms in total. The Balaban J connectivity index is 1.68. The van der Waals surface area contributed by atoms with Gasteiger partial charge in [0.1, 0.15) is 12.6 Å². The minimum Gasteiger partial charge on any atom is -0.322 e. The van der Waals surface area contributed by atoms with Crippen molar-refractivity contribution >= 4 is 34.3 Å². The number of anilines is 1. The second-order valence-corrected chi connectivity index (χ2v) is 5.50. The lowest BCUT2D eigenvalue weighted by Gasteiger charge is -2.12. The number of carbonyl (C=O) groups excluding carboxylic acids is 3. The molecule has 4 amide bonds. The maximum absolute atomic E-state index is 12.3. The van der Waals surface area contributed by atoms with E-state index in [0.29, 0.717) is 10.7 Å². The summed E-state index contributed by atoms with van der Waals surface area (Å²) in [5, 5.41) is 7.26. The summed E-state index contributed by atoms with van der Waals surface area (Å²) in [6, 6.07) is 7.57. The molecule has 0 bridgehead atoms. The summed E-state index contributed by atoms with van der Waals surface area (Å²) >= 11 is 1.26. The highest BCUT2D eigenvalue weighted by atomic mass is 32.1. The molecule has 0 radical (unpaired) electrons. The molecule has 3 rings (SSSR count). The van der Waals surface area contributed by atoms with E-state index in [-0.39, 0.29) is 6.54 Å². The zero-order chi connectivity index (χ0) is 15.5. The number of thiazole rings is 1. The van der Waals surface area contributed by atoms with Crippen LogP contribution >= 0.6 is 11.3 Å². The highest BCUT2D eigenvalue weighted by Crippen LogP contribution is 2.21. The Bertz CT molecular complexity index is 702. The minimum atomic E-state index is -0.749. The van der Waals surface area contributed by atoms with Gasteiger partial charge in [0.2, 0.25) is 5.91 Å². The highest BCUT2D eigenvalue weighted by molar-refractivity contribution is 7.13. The fraction of sp³-hybridized carbons (Fsp3) is 0.143. The molecule has 1 aromatic heterocycles. The summed E-state index contributed by atoms with van der Waals surface area (Å²) in [6.07, 6.45) is 1.55. The lowest BCUT2D eigenvalue weighted by molar-refractivity contribution is -0.130. The van der Waals surface area contributed by atoms with E-state index < -0.39 is 23.9 Å². The predicted molar refractivity (Wildman–Crippen MR) is 80.2 cm³/mol. The van der Waals surface area contributed by atoms with Crippen LogP contribution in [0.15, 0.2) is 41.9 Å². The van der Waals surface area contributed by atoms with Gasteiger partial charge in [-0.2, -0.15) is 0 Å². The van der Waals surface area contributed by atoms with Crippen LogP contribution in [0, 0.1) is 0 Å². The van der Waals surface area contributed by atoms with Crippen LogP contribution in [0.1, 0.15) is 11.6 Å². The molecule has 2 N–H and O–H groups in total. The van der Waals surface area contributed by atoms with Crippen molar-refractivity contribution in [2.75, 3.05) is 11.9 Å². The van der Waals surface area contributed by atoms with Crippen molar-refractivity contribution in [3.05, 3.63) is 47.5 Å². The molecular weight excluding hydrogens is 304 g/mol. The first-order chi connectivity index (χ1) is 10.6. The van der Waals surface area contributed by atoms with Crippen molar-refractivity contribution in [3.8, 4) is 0 Å². The third kappa shape index (κ3) is 2.82. The molecule has 2 heterocycles. The van der Waals surface area contributed by atoms with Gasteiger partial charge in [0.15, 0.2) is 5.13 Å². The summed E-state index contributed by atoms with van der Waals surface area (Å²) in [4.78, 5) is 40.9. The molecule has 2 aromatic rings. The number of hydrogen-bond donors (Lipinski definition) is 2. The largest absolute Gasteiger partial charge is 0.325 e. The Morgan fingerprint density at radius 2 is 2.09 bits per heavy atom. The fourth-order valence-corrected chi connectivity index (χ4v) is 2.67. The zero-order valence-electron chi connectivity index (χ0n) is 11.4. The molecule has 1 aromatic carbocycles. The Labute approximate surface area is 130 Å². The molecule has 1 aliphatic heterocycles. The van der Waals surface area contributed by atoms with Crippen molar-refractivity contribution < 1.29 is 14.4 Å². The summed E-state index contributed by atoms with van der Waals surface area (Å²) < 4.78 is 0. The number of hydrogen-bond acceptors (Lipinski definition) is 5. The Hall–Kier alpha value is -2.74. The fourth-order valence-electron chi connectivity index (χ4n) is 2.13. The van der Waals surface area contributed by atoms with Gasteiger partial charge in [0.05, 0.1) is 0 Å². The van der Waals surface area contributed by atoms with Crippen LogP contribution in [0.25, 0.3) is 0 Å². The maximum Gasteiger partial charge on any atom is 0.325 e. The van der Waals surface area contributed by atoms with Gasteiger partial charge in [0.25, 0.3) is 5.91 Å². The van der Waals surface area contributed by atoms with E-state index in [0.717, 1.165) is 4.90 Å². The lowest BCUT2D eigenvalue weighted by atomic mass is 10.1. The number of urea groups is 1. The van der Waals surface area contributed by atoms with Gasteiger partial charge in [0, 0.05) is 11.6 Å². The Kier molecular flexibility index (Phi) is 3.84. The molecular formula is C14H12N4O3S. The molecule has 8 heteroatoms. The highest BCUT2D eigenvalue weighted by Gasteiger charge is 2.39. The topological polar surface area (TPSA) is 91.4 Å². The number of nitrogens with zero attached hydrogens (tertiary/aromatic N) is 2. The normalized spacial score (nSPS) is 17.5. The van der Waals surface area contributed by atoms with E-state index in [4.69, 9.17) is 0 Å². The summed E-state index contributed by atoms with van der Waals surface area (Å²) in [6.45, 7) is -0.340. The Morgan fingerprint density at radius 1 is 1.32 bits per heavy atom. The monoisotopic (exact) mass is 316 g/mol. The van der Waals surface area contributed by atoms with Gasteiger partial charge < -0.3 is 10.6 Å². The van der Waals surface area contributed by atoms with E-state index >= 15 is 0 Å². The van der Waals surface area contributed by atoms with Crippen LogP contribution in [0.3, 0.4) is 0 Å². The second-order valence-electron chi connectivity index (χ2n) is 4.60. The van der Waals surface area contributed by atoms with Crippen molar-refractivity contribution in [2.24, 2.45) is 0 Å². The summed E-state index contributed by atoms with van der Waals surface area (Å²) in [5.41, 5.74) is 0.684. The zero-order valence-corrected chi connectivity index (χ0v) is 12.2. The van der Waals surface area contributed by atoms with Crippen LogP contribution in [0.5, 0.6) is 0 Å². The van der Waals surface area contributed by atoms with Gasteiger partial charge in [-0.3, -0.25) is 14.5 Å². The molecule has 1 saturated heterocycles. The minimum absolute atomic E-state index is 0.340. The van der Waals surface area contributed by atoms with E-state index in [2.05, 4.69) is 15.6 Å². The standard InChI is InChI=1S/C14H12N4O3S/c19-10(16-13-15-6-7-22-13)8-18-12(20)11(17-14(18)21)9-4-2-1-3-5-9/h1-7,11H,8H2,(H,17,21)(H,15,16,19). The van der Waals surface area contributed by atoms with Crippen molar-refractivity contribution in [1.29, 1.82) is 0 Å². The number of nitrogens with one attached hydrogen (secondary N) is 2. The lowest BCUT2D eigenvalue weighted by Crippen LogP contribution is -2.38. The van der Waals surface area contributed by atoms with Gasteiger partial charge in [-0.1, -0.05) is 30.3 Å². The first-order valence-corrected chi connectivity index (χ1v) is 7.39. The summed E-state index contributed by atoms with van der Waals surface area (Å²) in [5.74, 6) is -0.905. The molecule has 1 atom stereocenters. The molecule has 112 valence electrons. The van der Waals surface area contributed by atoms with Crippen LogP contribution in [-0.4, -0.2) is 34.3 Å². The average Bonchev–Trinajstić information content (AvgIpc) is 3.11. The van der Waals surface area contributed by atoms with E-state index in [1.165, 1.54) is 11.3 Å². The number of benzene rings is 1. The maximum atomic E-state index is 12.3. The van der Waals surface area contributed by atoms with Crippen molar-refractivity contribution in [2.45, 2.75) is 6.04 Å². The van der Waals surface area contributed by atoms with Gasteiger partial charge in [-0.15, -0.1) is 11.3 Å². The Morgan fingerprint density at radius 3 is 2.77 bits per heavy atom. The first-order valence-electron chi connectivity index (χ1n) is 6.51. The molecule has 1 aliphatic rings. The SMILES string of the molecule is O=C(CN1C(=O)NC(c2ccccc2)C1=O)Nc1nccs1. The smallest absolute Gasteiger partial charge is 0.322 e. The average molecular weight is 316 g/mol. The second kappa shape index (κ2) is 5.94. The molecule has 0 spiro atoms. The number of imide groups is 1. The predicted octanol–water partition coefficient (Wildman–Crippen LogP) is 1.37. The number of carbonyl (C=O) groups is 3. The molecule has 1 unspecified atom stereocenters. The number of aromatic nitrogens is 1. The van der Waals surface area contributed by atoms with Crippen LogP contribution in [0.4, 0.5) is 9.93 Å². The van der Waals surface area contributed by atoms with Gasteiger partial charge >= 0.3 is 6.03 Å². The molecule has 22 heavy (non-hydrogen) atoms. The number of amides is 4. The van der Waals surface area contributed by atoms with E-state index in [9.17, 15) is 14.4 Å². The van der Waals surface area contributed by atoms with E-state index in [1.807, 2.05) is 6.07 Å². The van der Waals surface area contributed by atoms with Crippen molar-refractivity contribution in [3.63, 3.8) is 0 Å². The van der Waals surface area contributed by atoms with Crippen LogP contribution in [-0.2, 0) is 9.59 Å². The number of rotatable bonds is 4. The van der Waals surface area contributed by atoms with E-state index in [1.54, 1.807) is 35.8 Å². The van der Waals surface area contributed by atoms with Gasteiger partial charge in [-0.25, -0.2) is 9.78 Å². The summed E-state index contributed by atoms with van der Waals surface area (Å²) in [7, 11) is 0. The van der Waals surface area contributed by atoms with Gasteiger partial charge in [-0.05, 0) is 5.56 Å². The third-order valence-electron chi connectivity index (χ3n) is 3.14. The van der Waals surface area contributed by atoms with Crippen LogP contribution < -0.4 is 10.6 Å². The first kappa shape index (κ1) is 14.2. The molecule has 0 saturated carbocycles. The van der Waals surface area contributed by atoms with Crippen LogP contribution in [0.2, 0.25) is 0 Å².